The maximum absolute atomic E-state index is 12.6. The minimum Gasteiger partial charge on any atom is -0.394 e. The lowest BCUT2D eigenvalue weighted by Crippen LogP contribution is -2.43. The molecule has 1 N–H and O–H groups in total. The van der Waals surface area contributed by atoms with E-state index in [1.54, 1.807) is 0 Å². The molecule has 1 aliphatic rings. The van der Waals surface area contributed by atoms with Gasteiger partial charge < -0.3 is 14.7 Å². The second-order valence-electron chi connectivity index (χ2n) is 5.30. The molecule has 0 aliphatic carbocycles. The van der Waals surface area contributed by atoms with Crippen molar-refractivity contribution >= 4 is 17.5 Å². The number of halogens is 4. The molecular formula is C15H17ClF3NO3. The summed E-state index contributed by atoms with van der Waals surface area (Å²) in [5.74, 6) is -0.416. The summed E-state index contributed by atoms with van der Waals surface area (Å²) in [5, 5.41) is 8.54. The zero-order valence-corrected chi connectivity index (χ0v) is 13.0. The molecule has 1 fully saturated rings. The number of nitrogens with zero attached hydrogens (tertiary/aromatic N) is 1. The summed E-state index contributed by atoms with van der Waals surface area (Å²) in [6.45, 7) is 0.911. The molecule has 4 nitrogen and oxygen atoms in total. The molecule has 8 heteroatoms. The van der Waals surface area contributed by atoms with Gasteiger partial charge in [0.2, 0.25) is 0 Å². The zero-order chi connectivity index (χ0) is 17.0. The Morgan fingerprint density at radius 2 is 2.17 bits per heavy atom. The second kappa shape index (κ2) is 7.51. The van der Waals surface area contributed by atoms with E-state index < -0.39 is 17.6 Å². The Morgan fingerprint density at radius 3 is 2.78 bits per heavy atom. The van der Waals surface area contributed by atoms with Crippen LogP contribution in [0.1, 0.15) is 28.8 Å². The Balaban J connectivity index is 2.10. The van der Waals surface area contributed by atoms with Crippen LogP contribution in [0.3, 0.4) is 0 Å². The largest absolute Gasteiger partial charge is 0.416 e. The van der Waals surface area contributed by atoms with E-state index >= 15 is 0 Å². The topological polar surface area (TPSA) is 49.8 Å². The minimum absolute atomic E-state index is 0.0440. The number of aliphatic hydroxyl groups excluding tert-OH is 1. The van der Waals surface area contributed by atoms with Gasteiger partial charge in [-0.3, -0.25) is 4.79 Å². The van der Waals surface area contributed by atoms with Gasteiger partial charge in [0.05, 0.1) is 35.5 Å². The molecule has 1 saturated heterocycles. The predicted octanol–water partition coefficient (Wildman–Crippen LogP) is 2.97. The average Bonchev–Trinajstić information content (AvgIpc) is 2.51. The van der Waals surface area contributed by atoms with Crippen LogP contribution in [0.5, 0.6) is 0 Å². The first-order valence-electron chi connectivity index (χ1n) is 7.21. The lowest BCUT2D eigenvalue weighted by molar-refractivity contribution is -0.137. The van der Waals surface area contributed by atoms with Gasteiger partial charge in [0.1, 0.15) is 0 Å². The van der Waals surface area contributed by atoms with Crippen LogP contribution in [0.2, 0.25) is 5.02 Å². The first kappa shape index (κ1) is 18.0. The highest BCUT2D eigenvalue weighted by molar-refractivity contribution is 6.33. The van der Waals surface area contributed by atoms with Crippen molar-refractivity contribution in [1.82, 2.24) is 4.90 Å². The Labute approximate surface area is 136 Å². The van der Waals surface area contributed by atoms with Gasteiger partial charge >= 0.3 is 6.18 Å². The smallest absolute Gasteiger partial charge is 0.394 e. The third kappa shape index (κ3) is 4.59. The molecule has 2 rings (SSSR count). The number of carbonyl (C=O) groups excluding carboxylic acids is 1. The Morgan fingerprint density at radius 1 is 1.43 bits per heavy atom. The van der Waals surface area contributed by atoms with Crippen molar-refractivity contribution in [3.05, 3.63) is 34.3 Å². The van der Waals surface area contributed by atoms with Gasteiger partial charge in [-0.1, -0.05) is 11.6 Å². The van der Waals surface area contributed by atoms with Crippen molar-refractivity contribution in [1.29, 1.82) is 0 Å². The van der Waals surface area contributed by atoms with Gasteiger partial charge in [0.25, 0.3) is 5.91 Å². The highest BCUT2D eigenvalue weighted by atomic mass is 35.5. The van der Waals surface area contributed by atoms with Crippen molar-refractivity contribution in [2.24, 2.45) is 0 Å². The minimum atomic E-state index is -4.50. The van der Waals surface area contributed by atoms with Gasteiger partial charge in [0.15, 0.2) is 0 Å². The fourth-order valence-electron chi connectivity index (χ4n) is 2.51. The van der Waals surface area contributed by atoms with E-state index in [1.807, 2.05) is 0 Å². The maximum Gasteiger partial charge on any atom is 0.416 e. The summed E-state index contributed by atoms with van der Waals surface area (Å²) in [6.07, 6.45) is -3.20. The number of carbonyl (C=O) groups is 1. The van der Waals surface area contributed by atoms with E-state index in [-0.39, 0.29) is 29.9 Å². The highest BCUT2D eigenvalue weighted by Crippen LogP contribution is 2.32. The third-order valence-electron chi connectivity index (χ3n) is 3.64. The van der Waals surface area contributed by atoms with Crippen molar-refractivity contribution in [2.75, 3.05) is 26.3 Å². The molecule has 1 heterocycles. The molecule has 128 valence electrons. The fourth-order valence-corrected chi connectivity index (χ4v) is 2.77. The van der Waals surface area contributed by atoms with Gasteiger partial charge in [-0.25, -0.2) is 0 Å². The van der Waals surface area contributed by atoms with Crippen LogP contribution in [0.15, 0.2) is 18.2 Å². The number of benzene rings is 1. The lowest BCUT2D eigenvalue weighted by atomic mass is 10.1. The number of hydrogen-bond acceptors (Lipinski definition) is 3. The van der Waals surface area contributed by atoms with Crippen LogP contribution < -0.4 is 0 Å². The Bertz CT molecular complexity index is 565. The quantitative estimate of drug-likeness (QED) is 0.907. The summed E-state index contributed by atoms with van der Waals surface area (Å²) in [4.78, 5) is 14.0. The van der Waals surface area contributed by atoms with Crippen LogP contribution >= 0.6 is 11.6 Å². The summed E-state index contributed by atoms with van der Waals surface area (Å²) < 4.78 is 43.3. The second-order valence-corrected chi connectivity index (χ2v) is 5.71. The van der Waals surface area contributed by atoms with Crippen LogP contribution in [0.25, 0.3) is 0 Å². The Hall–Kier alpha value is -1.31. The predicted molar refractivity (Wildman–Crippen MR) is 78.4 cm³/mol. The van der Waals surface area contributed by atoms with Crippen molar-refractivity contribution in [2.45, 2.75) is 25.1 Å². The first-order valence-corrected chi connectivity index (χ1v) is 7.59. The normalized spacial score (nSPS) is 19.0. The monoisotopic (exact) mass is 351 g/mol. The number of hydrogen-bond donors (Lipinski definition) is 1. The zero-order valence-electron chi connectivity index (χ0n) is 12.3. The van der Waals surface area contributed by atoms with Gasteiger partial charge in [-0.2, -0.15) is 13.2 Å². The van der Waals surface area contributed by atoms with E-state index in [2.05, 4.69) is 0 Å². The van der Waals surface area contributed by atoms with Crippen LogP contribution in [-0.4, -0.2) is 48.3 Å². The highest BCUT2D eigenvalue weighted by Gasteiger charge is 2.32. The molecule has 0 bridgehead atoms. The van der Waals surface area contributed by atoms with Crippen molar-refractivity contribution in [3.8, 4) is 0 Å². The molecule has 0 saturated carbocycles. The molecule has 0 spiro atoms. The summed E-state index contributed by atoms with van der Waals surface area (Å²) in [7, 11) is 0. The van der Waals surface area contributed by atoms with Gasteiger partial charge in [0, 0.05) is 13.1 Å². The molecule has 0 aromatic heterocycles. The Kier molecular flexibility index (Phi) is 5.89. The van der Waals surface area contributed by atoms with E-state index in [0.717, 1.165) is 31.0 Å². The van der Waals surface area contributed by atoms with Crippen LogP contribution in [0.4, 0.5) is 13.2 Å². The number of aliphatic hydroxyl groups is 1. The molecule has 23 heavy (non-hydrogen) atoms. The standard InChI is InChI=1S/C15H17ClF3NO3/c16-13-8-10(15(17,18)19)3-4-12(13)14(22)20-5-1-2-11(9-20)23-7-6-21/h3-4,8,11,21H,1-2,5-7,9H2. The van der Waals surface area contributed by atoms with Crippen LogP contribution in [0, 0.1) is 0 Å². The molecule has 1 aliphatic heterocycles. The number of alkyl halides is 3. The lowest BCUT2D eigenvalue weighted by Gasteiger charge is -2.32. The van der Waals surface area contributed by atoms with Gasteiger partial charge in [-0.15, -0.1) is 0 Å². The summed E-state index contributed by atoms with van der Waals surface area (Å²) in [5.41, 5.74) is -0.843. The van der Waals surface area contributed by atoms with E-state index in [9.17, 15) is 18.0 Å². The van der Waals surface area contributed by atoms with E-state index in [1.165, 1.54) is 4.90 Å². The number of ether oxygens (including phenoxy) is 1. The number of amides is 1. The molecule has 1 aromatic carbocycles. The van der Waals surface area contributed by atoms with Crippen LogP contribution in [-0.2, 0) is 10.9 Å². The fraction of sp³-hybridized carbons (Fsp3) is 0.533. The number of rotatable bonds is 4. The van der Waals surface area contributed by atoms with Gasteiger partial charge in [-0.05, 0) is 31.0 Å². The van der Waals surface area contributed by atoms with E-state index in [0.29, 0.717) is 13.1 Å². The molecule has 1 aromatic rings. The molecule has 0 radical (unpaired) electrons. The van der Waals surface area contributed by atoms with Crippen molar-refractivity contribution in [3.63, 3.8) is 0 Å². The molecule has 1 atom stereocenters. The number of piperidine rings is 1. The number of likely N-dealkylation sites (tertiary alicyclic amines) is 1. The SMILES string of the molecule is O=C(c1ccc(C(F)(F)F)cc1Cl)N1CCCC(OCCO)C1. The first-order chi connectivity index (χ1) is 10.8. The molecule has 1 amide bonds. The maximum atomic E-state index is 12.6. The van der Waals surface area contributed by atoms with E-state index in [4.69, 9.17) is 21.4 Å². The molecule has 1 unspecified atom stereocenters. The summed E-state index contributed by atoms with van der Waals surface area (Å²) in [6, 6.07) is 2.72. The third-order valence-corrected chi connectivity index (χ3v) is 3.95. The molecular weight excluding hydrogens is 335 g/mol. The summed E-state index contributed by atoms with van der Waals surface area (Å²) >= 11 is 5.86. The van der Waals surface area contributed by atoms with Crippen molar-refractivity contribution < 1.29 is 27.8 Å². The average molecular weight is 352 g/mol.